The van der Waals surface area contributed by atoms with Gasteiger partial charge in [0.05, 0.1) is 5.60 Å². The Morgan fingerprint density at radius 3 is 2.19 bits per heavy atom. The van der Waals surface area contributed by atoms with Gasteiger partial charge in [0.1, 0.15) is 0 Å². The van der Waals surface area contributed by atoms with Crippen molar-refractivity contribution in [2.24, 2.45) is 17.1 Å². The zero-order valence-electron chi connectivity index (χ0n) is 11.7. The third-order valence-electron chi connectivity index (χ3n) is 4.05. The van der Waals surface area contributed by atoms with Crippen LogP contribution in [0.25, 0.3) is 0 Å². The molecule has 0 spiro atoms. The monoisotopic (exact) mass is 227 g/mol. The fourth-order valence-corrected chi connectivity index (χ4v) is 2.87. The molecule has 0 saturated heterocycles. The lowest BCUT2D eigenvalue weighted by Crippen LogP contribution is -2.57. The van der Waals surface area contributed by atoms with Gasteiger partial charge in [-0.15, -0.1) is 0 Å². The van der Waals surface area contributed by atoms with Gasteiger partial charge in [0.2, 0.25) is 0 Å². The van der Waals surface area contributed by atoms with E-state index in [-0.39, 0.29) is 17.1 Å². The molecule has 2 nitrogen and oxygen atoms in total. The SMILES string of the molecule is CCOC1(C(N)C(C)(C)C)CCC(C)CC1. The van der Waals surface area contributed by atoms with Crippen LogP contribution in [0.4, 0.5) is 0 Å². The van der Waals surface area contributed by atoms with Crippen LogP contribution in [0.2, 0.25) is 0 Å². The number of ether oxygens (including phenoxy) is 1. The smallest absolute Gasteiger partial charge is 0.0837 e. The summed E-state index contributed by atoms with van der Waals surface area (Å²) in [5.41, 5.74) is 6.52. The van der Waals surface area contributed by atoms with Crippen molar-refractivity contribution in [1.82, 2.24) is 0 Å². The first kappa shape index (κ1) is 14.0. The van der Waals surface area contributed by atoms with Crippen molar-refractivity contribution in [3.05, 3.63) is 0 Å². The highest BCUT2D eigenvalue weighted by Crippen LogP contribution is 2.41. The van der Waals surface area contributed by atoms with E-state index in [1.54, 1.807) is 0 Å². The summed E-state index contributed by atoms with van der Waals surface area (Å²) in [6.07, 6.45) is 4.76. The maximum atomic E-state index is 6.47. The van der Waals surface area contributed by atoms with Crippen LogP contribution in [0, 0.1) is 11.3 Å². The highest BCUT2D eigenvalue weighted by atomic mass is 16.5. The van der Waals surface area contributed by atoms with Gasteiger partial charge in [-0.05, 0) is 43.9 Å². The molecule has 0 aliphatic heterocycles. The Morgan fingerprint density at radius 2 is 1.81 bits per heavy atom. The van der Waals surface area contributed by atoms with Crippen LogP contribution in [-0.2, 0) is 4.74 Å². The molecule has 0 heterocycles. The van der Waals surface area contributed by atoms with E-state index < -0.39 is 0 Å². The van der Waals surface area contributed by atoms with Crippen LogP contribution in [0.5, 0.6) is 0 Å². The maximum Gasteiger partial charge on any atom is 0.0837 e. The van der Waals surface area contributed by atoms with Gasteiger partial charge in [-0.25, -0.2) is 0 Å². The Morgan fingerprint density at radius 1 is 1.31 bits per heavy atom. The fraction of sp³-hybridized carbons (Fsp3) is 1.00. The Bertz CT molecular complexity index is 211. The largest absolute Gasteiger partial charge is 0.374 e. The molecule has 2 heteroatoms. The predicted molar refractivity (Wildman–Crippen MR) is 69.4 cm³/mol. The van der Waals surface area contributed by atoms with Crippen LogP contribution in [0.1, 0.15) is 60.3 Å². The fourth-order valence-electron chi connectivity index (χ4n) is 2.87. The minimum atomic E-state index is -0.0699. The zero-order chi connectivity index (χ0) is 12.4. The van der Waals surface area contributed by atoms with Crippen LogP contribution >= 0.6 is 0 Å². The van der Waals surface area contributed by atoms with E-state index in [4.69, 9.17) is 10.5 Å². The minimum Gasteiger partial charge on any atom is -0.374 e. The van der Waals surface area contributed by atoms with Crippen molar-refractivity contribution < 1.29 is 4.74 Å². The highest BCUT2D eigenvalue weighted by Gasteiger charge is 2.44. The van der Waals surface area contributed by atoms with Crippen molar-refractivity contribution in [1.29, 1.82) is 0 Å². The average Bonchev–Trinajstić information content (AvgIpc) is 2.20. The lowest BCUT2D eigenvalue weighted by atomic mass is 9.68. The normalized spacial score (nSPS) is 33.8. The Labute approximate surface area is 101 Å². The quantitative estimate of drug-likeness (QED) is 0.802. The lowest BCUT2D eigenvalue weighted by Gasteiger charge is -2.48. The third-order valence-corrected chi connectivity index (χ3v) is 4.05. The van der Waals surface area contributed by atoms with Crippen LogP contribution in [-0.4, -0.2) is 18.2 Å². The topological polar surface area (TPSA) is 35.2 Å². The first-order chi connectivity index (χ1) is 7.32. The molecule has 1 fully saturated rings. The number of hydrogen-bond donors (Lipinski definition) is 1. The summed E-state index contributed by atoms with van der Waals surface area (Å²) in [6.45, 7) is 11.8. The molecule has 1 atom stereocenters. The minimum absolute atomic E-state index is 0.0699. The third kappa shape index (κ3) is 2.98. The van der Waals surface area contributed by atoms with Crippen LogP contribution in [0.15, 0.2) is 0 Å². The van der Waals surface area contributed by atoms with Gasteiger partial charge in [0.25, 0.3) is 0 Å². The first-order valence-corrected chi connectivity index (χ1v) is 6.71. The zero-order valence-corrected chi connectivity index (χ0v) is 11.7. The van der Waals surface area contributed by atoms with E-state index in [0.29, 0.717) is 0 Å². The van der Waals surface area contributed by atoms with Crippen molar-refractivity contribution in [2.45, 2.75) is 71.9 Å². The molecule has 1 unspecified atom stereocenters. The predicted octanol–water partition coefficient (Wildman–Crippen LogP) is 3.35. The first-order valence-electron chi connectivity index (χ1n) is 6.71. The summed E-state index contributed by atoms with van der Waals surface area (Å²) >= 11 is 0. The van der Waals surface area contributed by atoms with Crippen molar-refractivity contribution in [2.75, 3.05) is 6.61 Å². The maximum absolute atomic E-state index is 6.47. The number of hydrogen-bond acceptors (Lipinski definition) is 2. The Kier molecular flexibility index (Phi) is 4.42. The van der Waals surface area contributed by atoms with Gasteiger partial charge in [-0.1, -0.05) is 27.7 Å². The molecular weight excluding hydrogens is 198 g/mol. The van der Waals surface area contributed by atoms with Gasteiger partial charge in [-0.2, -0.15) is 0 Å². The lowest BCUT2D eigenvalue weighted by molar-refractivity contribution is -0.108. The van der Waals surface area contributed by atoms with Crippen LogP contribution in [0.3, 0.4) is 0 Å². The summed E-state index contributed by atoms with van der Waals surface area (Å²) in [4.78, 5) is 0. The molecule has 2 N–H and O–H groups in total. The van der Waals surface area contributed by atoms with E-state index >= 15 is 0 Å². The molecule has 0 aromatic heterocycles. The van der Waals surface area contributed by atoms with Gasteiger partial charge in [0.15, 0.2) is 0 Å². The molecule has 0 radical (unpaired) electrons. The molecule has 16 heavy (non-hydrogen) atoms. The molecule has 1 rings (SSSR count). The van der Waals surface area contributed by atoms with Gasteiger partial charge >= 0.3 is 0 Å². The van der Waals surface area contributed by atoms with Gasteiger partial charge in [0, 0.05) is 12.6 Å². The molecule has 0 aromatic carbocycles. The molecule has 1 aliphatic rings. The summed E-state index contributed by atoms with van der Waals surface area (Å²) in [5.74, 6) is 0.834. The second kappa shape index (κ2) is 5.05. The summed E-state index contributed by atoms with van der Waals surface area (Å²) in [5, 5.41) is 0. The standard InChI is InChI=1S/C14H29NO/c1-6-16-14(12(15)13(3,4)5)9-7-11(2)8-10-14/h11-12H,6-10,15H2,1-5H3. The second-order valence-corrected chi connectivity index (χ2v) is 6.52. The van der Waals surface area contributed by atoms with Gasteiger partial charge < -0.3 is 10.5 Å². The molecule has 96 valence electrons. The van der Waals surface area contributed by atoms with Crippen molar-refractivity contribution in [3.63, 3.8) is 0 Å². The van der Waals surface area contributed by atoms with E-state index in [0.717, 1.165) is 25.4 Å². The van der Waals surface area contributed by atoms with E-state index in [2.05, 4.69) is 34.6 Å². The molecule has 0 amide bonds. The summed E-state index contributed by atoms with van der Waals surface area (Å²) in [6, 6.07) is 0.132. The molecule has 0 bridgehead atoms. The van der Waals surface area contributed by atoms with E-state index in [9.17, 15) is 0 Å². The molecule has 0 aromatic rings. The van der Waals surface area contributed by atoms with Gasteiger partial charge in [-0.3, -0.25) is 0 Å². The number of nitrogens with two attached hydrogens (primary N) is 1. The second-order valence-electron chi connectivity index (χ2n) is 6.52. The van der Waals surface area contributed by atoms with Crippen molar-refractivity contribution in [3.8, 4) is 0 Å². The number of rotatable bonds is 3. The van der Waals surface area contributed by atoms with E-state index in [1.165, 1.54) is 12.8 Å². The Balaban J connectivity index is 2.80. The summed E-state index contributed by atoms with van der Waals surface area (Å²) < 4.78 is 6.08. The van der Waals surface area contributed by atoms with Crippen LogP contribution < -0.4 is 5.73 Å². The molecule has 1 saturated carbocycles. The highest BCUT2D eigenvalue weighted by molar-refractivity contribution is 5.00. The van der Waals surface area contributed by atoms with E-state index in [1.807, 2.05) is 0 Å². The summed E-state index contributed by atoms with van der Waals surface area (Å²) in [7, 11) is 0. The molecular formula is C14H29NO. The average molecular weight is 227 g/mol. The molecule has 1 aliphatic carbocycles. The van der Waals surface area contributed by atoms with Crippen molar-refractivity contribution >= 4 is 0 Å². The Hall–Kier alpha value is -0.0800.